The summed E-state index contributed by atoms with van der Waals surface area (Å²) in [5.41, 5.74) is -1.21. The van der Waals surface area contributed by atoms with E-state index < -0.39 is 29.3 Å². The fraction of sp³-hybridized carbons (Fsp3) is 0.143. The van der Waals surface area contributed by atoms with E-state index in [4.69, 9.17) is 4.74 Å². The molecule has 0 atom stereocenters. The van der Waals surface area contributed by atoms with E-state index >= 15 is 0 Å². The standard InChI is InChI=1S/C21H16F4N6O2/c1-33-17-8-6-15(7-9-17)30-11-10-14(28-30)12-26-20(32)18-19(21(23,24)25)31(29-27-18)16-4-2-13(22)3-5-16/h2-11H,12H2,1H3,(H,26,32). The number of halogens is 4. The number of hydrogen-bond acceptors (Lipinski definition) is 5. The molecule has 8 nitrogen and oxygen atoms in total. The van der Waals surface area contributed by atoms with Crippen LogP contribution in [0.5, 0.6) is 5.75 Å². The summed E-state index contributed by atoms with van der Waals surface area (Å²) in [4.78, 5) is 12.5. The summed E-state index contributed by atoms with van der Waals surface area (Å²) in [6, 6.07) is 12.8. The fourth-order valence-electron chi connectivity index (χ4n) is 3.04. The Morgan fingerprint density at radius 1 is 1.03 bits per heavy atom. The summed E-state index contributed by atoms with van der Waals surface area (Å²) in [5, 5.41) is 13.5. The van der Waals surface area contributed by atoms with Crippen molar-refractivity contribution in [2.24, 2.45) is 0 Å². The summed E-state index contributed by atoms with van der Waals surface area (Å²) in [6.07, 6.45) is -3.28. The number of nitrogens with one attached hydrogen (secondary N) is 1. The molecule has 0 saturated heterocycles. The van der Waals surface area contributed by atoms with Gasteiger partial charge in [0.05, 0.1) is 30.7 Å². The minimum absolute atomic E-state index is 0.0893. The van der Waals surface area contributed by atoms with Gasteiger partial charge in [-0.15, -0.1) is 5.10 Å². The first-order valence-corrected chi connectivity index (χ1v) is 9.52. The average molecular weight is 460 g/mol. The van der Waals surface area contributed by atoms with Gasteiger partial charge < -0.3 is 10.1 Å². The Hall–Kier alpha value is -4.22. The van der Waals surface area contributed by atoms with Crippen LogP contribution in [0.1, 0.15) is 21.9 Å². The highest BCUT2D eigenvalue weighted by Gasteiger charge is 2.42. The van der Waals surface area contributed by atoms with Gasteiger partial charge in [-0.05, 0) is 54.6 Å². The Kier molecular flexibility index (Phi) is 5.82. The lowest BCUT2D eigenvalue weighted by molar-refractivity contribution is -0.143. The molecule has 0 unspecified atom stereocenters. The van der Waals surface area contributed by atoms with Crippen LogP contribution in [0, 0.1) is 5.82 Å². The van der Waals surface area contributed by atoms with Crippen LogP contribution < -0.4 is 10.1 Å². The van der Waals surface area contributed by atoms with Crippen molar-refractivity contribution in [3.05, 3.63) is 83.7 Å². The third kappa shape index (κ3) is 4.68. The number of aromatic nitrogens is 5. The molecule has 0 aliphatic rings. The van der Waals surface area contributed by atoms with Gasteiger partial charge in [0.15, 0.2) is 11.4 Å². The predicted octanol–water partition coefficient (Wildman–Crippen LogP) is 3.55. The summed E-state index contributed by atoms with van der Waals surface area (Å²) in [6.45, 7) is -0.136. The number of benzene rings is 2. The minimum Gasteiger partial charge on any atom is -0.497 e. The number of amides is 1. The Morgan fingerprint density at radius 2 is 1.70 bits per heavy atom. The van der Waals surface area contributed by atoms with Gasteiger partial charge >= 0.3 is 6.18 Å². The van der Waals surface area contributed by atoms with Crippen LogP contribution in [0.2, 0.25) is 0 Å². The topological polar surface area (TPSA) is 86.9 Å². The third-order valence-corrected chi connectivity index (χ3v) is 4.64. The lowest BCUT2D eigenvalue weighted by atomic mass is 10.2. The molecular weight excluding hydrogens is 444 g/mol. The maximum Gasteiger partial charge on any atom is 0.435 e. The van der Waals surface area contributed by atoms with Gasteiger partial charge in [0.2, 0.25) is 0 Å². The van der Waals surface area contributed by atoms with E-state index in [1.54, 1.807) is 48.3 Å². The molecule has 0 aliphatic heterocycles. The Labute approximate surface area is 184 Å². The normalized spacial score (nSPS) is 11.4. The summed E-state index contributed by atoms with van der Waals surface area (Å²) >= 11 is 0. The maximum absolute atomic E-state index is 13.7. The third-order valence-electron chi connectivity index (χ3n) is 4.64. The molecule has 12 heteroatoms. The lowest BCUT2D eigenvalue weighted by Gasteiger charge is -2.11. The quantitative estimate of drug-likeness (QED) is 0.445. The molecule has 0 saturated carbocycles. The molecule has 4 rings (SSSR count). The maximum atomic E-state index is 13.7. The van der Waals surface area contributed by atoms with Crippen LogP contribution >= 0.6 is 0 Å². The minimum atomic E-state index is -4.93. The van der Waals surface area contributed by atoms with Crippen molar-refractivity contribution in [2.75, 3.05) is 7.11 Å². The highest BCUT2D eigenvalue weighted by Crippen LogP contribution is 2.32. The van der Waals surface area contributed by atoms with Crippen LogP contribution in [0.25, 0.3) is 11.4 Å². The first-order chi connectivity index (χ1) is 15.8. The van der Waals surface area contributed by atoms with Crippen molar-refractivity contribution in [3.63, 3.8) is 0 Å². The molecule has 0 fully saturated rings. The number of carbonyl (C=O) groups excluding carboxylic acids is 1. The van der Waals surface area contributed by atoms with Crippen molar-refractivity contribution in [1.29, 1.82) is 0 Å². The molecule has 4 aromatic rings. The number of alkyl halides is 3. The predicted molar refractivity (Wildman–Crippen MR) is 108 cm³/mol. The molecule has 0 bridgehead atoms. The van der Waals surface area contributed by atoms with Gasteiger partial charge in [-0.2, -0.15) is 18.3 Å². The van der Waals surface area contributed by atoms with Crippen molar-refractivity contribution in [3.8, 4) is 17.1 Å². The second-order valence-electron chi connectivity index (χ2n) is 6.80. The van der Waals surface area contributed by atoms with E-state index in [1.807, 2.05) is 0 Å². The number of nitrogens with zero attached hydrogens (tertiary/aromatic N) is 5. The van der Waals surface area contributed by atoms with E-state index in [0.29, 0.717) is 16.1 Å². The van der Waals surface area contributed by atoms with Gasteiger partial charge in [-0.25, -0.2) is 13.8 Å². The molecular formula is C21H16F4N6O2. The number of rotatable bonds is 6. The molecule has 1 amide bonds. The van der Waals surface area contributed by atoms with Gasteiger partial charge in [0.25, 0.3) is 5.91 Å². The molecule has 2 heterocycles. The molecule has 0 aliphatic carbocycles. The van der Waals surface area contributed by atoms with E-state index in [0.717, 1.165) is 30.0 Å². The lowest BCUT2D eigenvalue weighted by Crippen LogP contribution is -2.27. The average Bonchev–Trinajstić information content (AvgIpc) is 3.46. The van der Waals surface area contributed by atoms with Crippen LogP contribution in [0.3, 0.4) is 0 Å². The highest BCUT2D eigenvalue weighted by molar-refractivity contribution is 5.93. The Morgan fingerprint density at radius 3 is 2.33 bits per heavy atom. The molecule has 2 aromatic heterocycles. The van der Waals surface area contributed by atoms with Crippen LogP contribution in [-0.4, -0.2) is 37.8 Å². The number of ether oxygens (including phenoxy) is 1. The number of methoxy groups -OCH3 is 1. The van der Waals surface area contributed by atoms with Gasteiger partial charge in [0.1, 0.15) is 11.6 Å². The zero-order valence-electron chi connectivity index (χ0n) is 17.0. The Bertz CT molecular complexity index is 1260. The van der Waals surface area contributed by atoms with E-state index in [-0.39, 0.29) is 12.2 Å². The van der Waals surface area contributed by atoms with Gasteiger partial charge in [-0.1, -0.05) is 5.21 Å². The van der Waals surface area contributed by atoms with Crippen molar-refractivity contribution in [1.82, 2.24) is 30.1 Å². The first-order valence-electron chi connectivity index (χ1n) is 9.52. The monoisotopic (exact) mass is 460 g/mol. The largest absolute Gasteiger partial charge is 0.497 e. The van der Waals surface area contributed by atoms with E-state index in [1.165, 1.54) is 0 Å². The number of hydrogen-bond donors (Lipinski definition) is 1. The van der Waals surface area contributed by atoms with E-state index in [9.17, 15) is 22.4 Å². The molecule has 1 N–H and O–H groups in total. The van der Waals surface area contributed by atoms with Crippen LogP contribution in [-0.2, 0) is 12.7 Å². The summed E-state index contributed by atoms with van der Waals surface area (Å²) < 4.78 is 61.3. The highest BCUT2D eigenvalue weighted by atomic mass is 19.4. The molecule has 2 aromatic carbocycles. The number of carbonyl (C=O) groups is 1. The first kappa shape index (κ1) is 22.0. The zero-order chi connectivity index (χ0) is 23.6. The van der Waals surface area contributed by atoms with Crippen LogP contribution in [0.4, 0.5) is 17.6 Å². The fourth-order valence-corrected chi connectivity index (χ4v) is 3.04. The molecule has 0 radical (unpaired) electrons. The Balaban J connectivity index is 1.52. The molecule has 33 heavy (non-hydrogen) atoms. The van der Waals surface area contributed by atoms with Crippen molar-refractivity contribution >= 4 is 5.91 Å². The summed E-state index contributed by atoms with van der Waals surface area (Å²) in [5.74, 6) is -1.03. The molecule has 0 spiro atoms. The SMILES string of the molecule is COc1ccc(-n2ccc(CNC(=O)c3nnn(-c4ccc(F)cc4)c3C(F)(F)F)n2)cc1. The molecule has 170 valence electrons. The second-order valence-corrected chi connectivity index (χ2v) is 6.80. The van der Waals surface area contributed by atoms with Gasteiger partial charge in [0, 0.05) is 6.20 Å². The van der Waals surface area contributed by atoms with Crippen molar-refractivity contribution in [2.45, 2.75) is 12.7 Å². The smallest absolute Gasteiger partial charge is 0.435 e. The van der Waals surface area contributed by atoms with Gasteiger partial charge in [-0.3, -0.25) is 4.79 Å². The van der Waals surface area contributed by atoms with Crippen LogP contribution in [0.15, 0.2) is 60.8 Å². The van der Waals surface area contributed by atoms with E-state index in [2.05, 4.69) is 20.7 Å². The second kappa shape index (κ2) is 8.73. The zero-order valence-corrected chi connectivity index (χ0v) is 17.0. The van der Waals surface area contributed by atoms with Crippen molar-refractivity contribution < 1.29 is 27.1 Å². The summed E-state index contributed by atoms with van der Waals surface area (Å²) in [7, 11) is 1.55.